The van der Waals surface area contributed by atoms with E-state index in [1.54, 1.807) is 42.5 Å². The molecule has 0 bridgehead atoms. The van der Waals surface area contributed by atoms with Crippen molar-refractivity contribution in [2.75, 3.05) is 25.7 Å². The highest BCUT2D eigenvalue weighted by Crippen LogP contribution is 2.36. The highest BCUT2D eigenvalue weighted by atomic mass is 16.5. The molecule has 2 amide bonds. The van der Waals surface area contributed by atoms with Gasteiger partial charge in [-0.05, 0) is 69.7 Å². The number of fused-ring (bicyclic) bond motifs is 1. The second-order valence-electron chi connectivity index (χ2n) is 10.2. The summed E-state index contributed by atoms with van der Waals surface area (Å²) >= 11 is 0. The molecule has 0 saturated carbocycles. The van der Waals surface area contributed by atoms with E-state index in [1.165, 1.54) is 23.8 Å². The van der Waals surface area contributed by atoms with Crippen LogP contribution in [-0.2, 0) is 16.1 Å². The highest BCUT2D eigenvalue weighted by molar-refractivity contribution is 6.02. The molecule has 0 aliphatic rings. The molecule has 4 aromatic rings. The van der Waals surface area contributed by atoms with Gasteiger partial charge in [-0.2, -0.15) is 0 Å². The number of anilines is 1. The lowest BCUT2D eigenvalue weighted by atomic mass is 10.0. The number of nitrogens with one attached hydrogen (secondary N) is 1. The van der Waals surface area contributed by atoms with Crippen LogP contribution in [0.1, 0.15) is 39.3 Å². The van der Waals surface area contributed by atoms with E-state index in [9.17, 15) is 9.59 Å². The average molecular weight is 546 g/mol. The van der Waals surface area contributed by atoms with Crippen LogP contribution >= 0.6 is 0 Å². The van der Waals surface area contributed by atoms with Crippen molar-refractivity contribution < 1.29 is 23.8 Å². The third kappa shape index (κ3) is 6.33. The topological polar surface area (TPSA) is 108 Å². The van der Waals surface area contributed by atoms with E-state index in [1.807, 2.05) is 52.0 Å². The molecule has 3 aromatic carbocycles. The molecule has 0 spiro atoms. The minimum Gasteiger partial charge on any atom is -0.494 e. The van der Waals surface area contributed by atoms with Gasteiger partial charge in [0, 0.05) is 17.3 Å². The molecule has 1 N–H and O–H groups in total. The summed E-state index contributed by atoms with van der Waals surface area (Å²) < 4.78 is 18.1. The van der Waals surface area contributed by atoms with Gasteiger partial charge in [-0.25, -0.2) is 4.68 Å². The van der Waals surface area contributed by atoms with Crippen LogP contribution in [0.4, 0.5) is 5.69 Å². The van der Waals surface area contributed by atoms with Gasteiger partial charge in [0.15, 0.2) is 11.5 Å². The van der Waals surface area contributed by atoms with Crippen LogP contribution in [-0.4, -0.2) is 53.2 Å². The monoisotopic (exact) mass is 545 g/mol. The molecule has 0 saturated heterocycles. The van der Waals surface area contributed by atoms with Crippen molar-refractivity contribution in [3.63, 3.8) is 0 Å². The van der Waals surface area contributed by atoms with Crippen LogP contribution < -0.4 is 24.4 Å². The van der Waals surface area contributed by atoms with Crippen LogP contribution in [0, 0.1) is 0 Å². The van der Waals surface area contributed by atoms with Gasteiger partial charge >= 0.3 is 0 Å². The number of methoxy groups -OCH3 is 2. The summed E-state index contributed by atoms with van der Waals surface area (Å²) in [6.45, 7) is 7.94. The number of benzene rings is 3. The Morgan fingerprint density at radius 3 is 2.33 bits per heavy atom. The molecular weight excluding hydrogens is 510 g/mol. The molecular formula is C30H35N5O5. The van der Waals surface area contributed by atoms with Gasteiger partial charge in [-0.3, -0.25) is 14.5 Å². The molecule has 0 aliphatic heterocycles. The van der Waals surface area contributed by atoms with Gasteiger partial charge in [0.05, 0.1) is 26.3 Å². The Balaban J connectivity index is 1.86. The molecule has 1 atom stereocenters. The number of rotatable bonds is 10. The first-order valence-electron chi connectivity index (χ1n) is 13.0. The van der Waals surface area contributed by atoms with Crippen molar-refractivity contribution in [3.8, 4) is 17.2 Å². The molecule has 1 heterocycles. The van der Waals surface area contributed by atoms with Crippen LogP contribution in [0.2, 0.25) is 0 Å². The van der Waals surface area contributed by atoms with Crippen LogP contribution in [0.3, 0.4) is 0 Å². The zero-order chi connectivity index (χ0) is 28.9. The van der Waals surface area contributed by atoms with Gasteiger partial charge in [-0.15, -0.1) is 5.10 Å². The highest BCUT2D eigenvalue weighted by Gasteiger charge is 2.35. The van der Waals surface area contributed by atoms with E-state index < -0.39 is 11.6 Å². The van der Waals surface area contributed by atoms with Gasteiger partial charge < -0.3 is 19.5 Å². The fraction of sp³-hybridized carbons (Fsp3) is 0.333. The minimum absolute atomic E-state index is 0.148. The summed E-state index contributed by atoms with van der Waals surface area (Å²) in [6.07, 6.45) is 0. The van der Waals surface area contributed by atoms with E-state index in [0.717, 1.165) is 0 Å². The lowest BCUT2D eigenvalue weighted by Gasteiger charge is -2.34. The molecule has 1 aromatic heterocycles. The van der Waals surface area contributed by atoms with E-state index in [2.05, 4.69) is 15.6 Å². The summed E-state index contributed by atoms with van der Waals surface area (Å²) in [7, 11) is 3.06. The van der Waals surface area contributed by atoms with Crippen molar-refractivity contribution >= 4 is 28.5 Å². The van der Waals surface area contributed by atoms with E-state index in [0.29, 0.717) is 46.1 Å². The Kier molecular flexibility index (Phi) is 8.57. The Labute approximate surface area is 233 Å². The Hall–Kier alpha value is -4.60. The Morgan fingerprint density at radius 1 is 0.975 bits per heavy atom. The molecule has 40 heavy (non-hydrogen) atoms. The molecule has 0 radical (unpaired) electrons. The van der Waals surface area contributed by atoms with Gasteiger partial charge in [-0.1, -0.05) is 29.5 Å². The zero-order valence-corrected chi connectivity index (χ0v) is 23.7. The maximum absolute atomic E-state index is 14.2. The number of hydrogen-bond donors (Lipinski definition) is 1. The number of para-hydroxylation sites is 1. The summed E-state index contributed by atoms with van der Waals surface area (Å²) in [5.41, 5.74) is 1.89. The third-order valence-electron chi connectivity index (χ3n) is 6.13. The lowest BCUT2D eigenvalue weighted by molar-refractivity contribution is -0.128. The van der Waals surface area contributed by atoms with Gasteiger partial charge in [0.2, 0.25) is 11.8 Å². The molecule has 4 rings (SSSR count). The number of carbonyl (C=O) groups excluding carboxylic acids is 2. The molecule has 0 fully saturated rings. The SMILES string of the molecule is CCOc1ccc([C@H](C(=O)NC(C)(C)C)N(C(=O)Cn2nnc3ccccc32)c2ccc(OC)c(OC)c2)cc1. The summed E-state index contributed by atoms with van der Waals surface area (Å²) in [5.74, 6) is 0.872. The van der Waals surface area contributed by atoms with Crippen molar-refractivity contribution in [2.24, 2.45) is 0 Å². The third-order valence-corrected chi connectivity index (χ3v) is 6.13. The summed E-state index contributed by atoms with van der Waals surface area (Å²) in [4.78, 5) is 29.6. The first-order valence-corrected chi connectivity index (χ1v) is 13.0. The minimum atomic E-state index is -1.02. The maximum atomic E-state index is 14.2. The zero-order valence-electron chi connectivity index (χ0n) is 23.7. The molecule has 10 nitrogen and oxygen atoms in total. The number of amides is 2. The van der Waals surface area contributed by atoms with Crippen LogP contribution in [0.5, 0.6) is 17.2 Å². The van der Waals surface area contributed by atoms with Crippen LogP contribution in [0.15, 0.2) is 66.7 Å². The summed E-state index contributed by atoms with van der Waals surface area (Å²) in [5, 5.41) is 11.4. The molecule has 0 unspecified atom stereocenters. The van der Waals surface area contributed by atoms with Crippen molar-refractivity contribution in [2.45, 2.75) is 45.8 Å². The van der Waals surface area contributed by atoms with Crippen molar-refractivity contribution in [1.82, 2.24) is 20.3 Å². The molecule has 10 heteroatoms. The standard InChI is InChI=1S/C30H35N5O5/c1-7-40-22-15-12-20(13-16-22)28(29(37)31-30(2,3)4)35(21-14-17-25(38-5)26(18-21)39-6)27(36)19-34-24-11-9-8-10-23(24)32-33-34/h8-18,28H,7,19H2,1-6H3,(H,31,37)/t28-/m1/s1. The van der Waals surface area contributed by atoms with Crippen molar-refractivity contribution in [3.05, 3.63) is 72.3 Å². The van der Waals surface area contributed by atoms with E-state index in [4.69, 9.17) is 14.2 Å². The predicted molar refractivity (Wildman–Crippen MR) is 153 cm³/mol. The molecule has 210 valence electrons. The normalized spacial score (nSPS) is 12.1. The first-order chi connectivity index (χ1) is 19.1. The quantitative estimate of drug-likeness (QED) is 0.312. The second-order valence-corrected chi connectivity index (χ2v) is 10.2. The number of ether oxygens (including phenoxy) is 3. The van der Waals surface area contributed by atoms with Gasteiger partial charge in [0.1, 0.15) is 23.9 Å². The van der Waals surface area contributed by atoms with E-state index >= 15 is 0 Å². The first kappa shape index (κ1) is 28.4. The number of carbonyl (C=O) groups is 2. The predicted octanol–water partition coefficient (Wildman–Crippen LogP) is 4.54. The second kappa shape index (κ2) is 12.1. The van der Waals surface area contributed by atoms with Crippen LogP contribution in [0.25, 0.3) is 11.0 Å². The molecule has 0 aliphatic carbocycles. The Morgan fingerprint density at radius 2 is 1.68 bits per heavy atom. The van der Waals surface area contributed by atoms with E-state index in [-0.39, 0.29) is 18.4 Å². The Bertz CT molecular complexity index is 1480. The summed E-state index contributed by atoms with van der Waals surface area (Å²) in [6, 6.07) is 18.7. The fourth-order valence-corrected chi connectivity index (χ4v) is 4.42. The largest absolute Gasteiger partial charge is 0.494 e. The number of aromatic nitrogens is 3. The number of hydrogen-bond acceptors (Lipinski definition) is 7. The smallest absolute Gasteiger partial charge is 0.249 e. The lowest BCUT2D eigenvalue weighted by Crippen LogP contribution is -2.50. The fourth-order valence-electron chi connectivity index (χ4n) is 4.42. The van der Waals surface area contributed by atoms with Crippen molar-refractivity contribution in [1.29, 1.82) is 0 Å². The van der Waals surface area contributed by atoms with Gasteiger partial charge in [0.25, 0.3) is 0 Å². The maximum Gasteiger partial charge on any atom is 0.249 e. The average Bonchev–Trinajstić information content (AvgIpc) is 3.33. The number of nitrogens with zero attached hydrogens (tertiary/aromatic N) is 4.